The number of aromatic hydroxyl groups is 1. The van der Waals surface area contributed by atoms with Gasteiger partial charge >= 0.3 is 0 Å². The Balaban J connectivity index is 2.88. The van der Waals surface area contributed by atoms with Crippen LogP contribution in [-0.4, -0.2) is 19.0 Å². The van der Waals surface area contributed by atoms with Crippen molar-refractivity contribution in [2.75, 3.05) is 13.9 Å². The van der Waals surface area contributed by atoms with Crippen LogP contribution in [0.15, 0.2) is 35.4 Å². The van der Waals surface area contributed by atoms with Crippen molar-refractivity contribution in [1.82, 2.24) is 0 Å². The minimum Gasteiger partial charge on any atom is -0.508 e. The Labute approximate surface area is 159 Å². The summed E-state index contributed by atoms with van der Waals surface area (Å²) in [6.07, 6.45) is 11.7. The molecule has 1 aromatic rings. The summed E-state index contributed by atoms with van der Waals surface area (Å²) in [4.78, 5) is 0. The highest BCUT2D eigenvalue weighted by Gasteiger charge is 2.11. The minimum absolute atomic E-state index is 0.189. The van der Waals surface area contributed by atoms with Crippen molar-refractivity contribution in [2.45, 2.75) is 72.6 Å². The van der Waals surface area contributed by atoms with Crippen LogP contribution in [0, 0.1) is 0 Å². The molecule has 1 rings (SSSR count). The molecule has 0 unspecified atom stereocenters. The van der Waals surface area contributed by atoms with E-state index in [0.29, 0.717) is 12.2 Å². The number of methoxy groups -OCH3 is 1. The molecule has 0 bridgehead atoms. The molecule has 0 fully saturated rings. The zero-order valence-electron chi connectivity index (χ0n) is 17.2. The molecule has 0 aliphatic rings. The Bertz CT molecular complexity index is 596. The Kier molecular flexibility index (Phi) is 10.8. The van der Waals surface area contributed by atoms with Crippen molar-refractivity contribution >= 4 is 0 Å². The zero-order valence-corrected chi connectivity index (χ0v) is 17.2. The topological polar surface area (TPSA) is 38.7 Å². The molecule has 0 amide bonds. The van der Waals surface area contributed by atoms with E-state index < -0.39 is 0 Å². The number of benzene rings is 1. The van der Waals surface area contributed by atoms with Crippen molar-refractivity contribution in [3.8, 4) is 11.5 Å². The molecule has 3 nitrogen and oxygen atoms in total. The van der Waals surface area contributed by atoms with E-state index in [1.54, 1.807) is 7.11 Å². The minimum atomic E-state index is 0.189. The van der Waals surface area contributed by atoms with Crippen molar-refractivity contribution in [3.63, 3.8) is 0 Å². The van der Waals surface area contributed by atoms with Crippen LogP contribution in [0.25, 0.3) is 0 Å². The molecule has 0 radical (unpaired) electrons. The lowest BCUT2D eigenvalue weighted by molar-refractivity contribution is 0.0503. The standard InChI is InChI=1S/C23H36O3/c1-6-7-8-12-20-15-22(24)21(23(16-20)26-17-25-5)14-13-19(4)11-9-10-18(2)3/h10,13,15-16,24H,6-9,11-12,14,17H2,1-5H3/b19-13+. The molecule has 3 heteroatoms. The predicted octanol–water partition coefficient (Wildman–Crippen LogP) is 6.34. The van der Waals surface area contributed by atoms with Crippen LogP contribution in [0.2, 0.25) is 0 Å². The first-order chi connectivity index (χ1) is 12.5. The molecule has 0 aromatic heterocycles. The number of aryl methyl sites for hydroxylation is 1. The smallest absolute Gasteiger partial charge is 0.188 e. The lowest BCUT2D eigenvalue weighted by Crippen LogP contribution is -2.03. The summed E-state index contributed by atoms with van der Waals surface area (Å²) in [5, 5.41) is 10.5. The summed E-state index contributed by atoms with van der Waals surface area (Å²) < 4.78 is 10.8. The molecule has 0 saturated carbocycles. The highest BCUT2D eigenvalue weighted by atomic mass is 16.7. The fourth-order valence-corrected chi connectivity index (χ4v) is 2.83. The van der Waals surface area contributed by atoms with Gasteiger partial charge in [0.25, 0.3) is 0 Å². The zero-order chi connectivity index (χ0) is 19.4. The van der Waals surface area contributed by atoms with Crippen molar-refractivity contribution in [1.29, 1.82) is 0 Å². The number of rotatable bonds is 12. The number of hydrogen-bond donors (Lipinski definition) is 1. The van der Waals surface area contributed by atoms with Crippen LogP contribution in [-0.2, 0) is 17.6 Å². The number of phenolic OH excluding ortho intramolecular Hbond substituents is 1. The van der Waals surface area contributed by atoms with Crippen LogP contribution >= 0.6 is 0 Å². The monoisotopic (exact) mass is 360 g/mol. The molecule has 0 spiro atoms. The summed E-state index contributed by atoms with van der Waals surface area (Å²) in [6.45, 7) is 8.77. The quantitative estimate of drug-likeness (QED) is 0.268. The van der Waals surface area contributed by atoms with Gasteiger partial charge in [-0.25, -0.2) is 0 Å². The summed E-state index contributed by atoms with van der Waals surface area (Å²) in [5.41, 5.74) is 4.63. The van der Waals surface area contributed by atoms with E-state index in [1.165, 1.54) is 24.0 Å². The van der Waals surface area contributed by atoms with Crippen LogP contribution in [0.3, 0.4) is 0 Å². The maximum absolute atomic E-state index is 10.5. The Hall–Kier alpha value is -1.74. The highest BCUT2D eigenvalue weighted by molar-refractivity contribution is 5.48. The number of phenols is 1. The largest absolute Gasteiger partial charge is 0.508 e. The van der Waals surface area contributed by atoms with Gasteiger partial charge in [-0.15, -0.1) is 0 Å². The summed E-state index contributed by atoms with van der Waals surface area (Å²) in [6, 6.07) is 3.94. The van der Waals surface area contributed by atoms with E-state index >= 15 is 0 Å². The summed E-state index contributed by atoms with van der Waals surface area (Å²) in [5.74, 6) is 1.05. The summed E-state index contributed by atoms with van der Waals surface area (Å²) in [7, 11) is 1.61. The van der Waals surface area contributed by atoms with Gasteiger partial charge in [0.05, 0.1) is 0 Å². The van der Waals surface area contributed by atoms with Crippen LogP contribution in [0.1, 0.15) is 70.9 Å². The average molecular weight is 361 g/mol. The highest BCUT2D eigenvalue weighted by Crippen LogP contribution is 2.32. The molecule has 146 valence electrons. The molecule has 26 heavy (non-hydrogen) atoms. The SMILES string of the molecule is CCCCCc1cc(O)c(C/C=C(\C)CCC=C(C)C)c(OCOC)c1. The van der Waals surface area contributed by atoms with Gasteiger partial charge in [-0.3, -0.25) is 0 Å². The fraction of sp³-hybridized carbons (Fsp3) is 0.565. The molecular formula is C23H36O3. The normalized spacial score (nSPS) is 11.5. The van der Waals surface area contributed by atoms with Crippen molar-refractivity contribution in [3.05, 3.63) is 46.6 Å². The lowest BCUT2D eigenvalue weighted by Gasteiger charge is -2.14. The molecule has 0 aliphatic heterocycles. The molecule has 0 saturated heterocycles. The first kappa shape index (κ1) is 22.3. The van der Waals surface area contributed by atoms with Gasteiger partial charge in [-0.2, -0.15) is 0 Å². The predicted molar refractivity (Wildman–Crippen MR) is 110 cm³/mol. The second-order valence-electron chi connectivity index (χ2n) is 7.17. The Morgan fingerprint density at radius 1 is 1.12 bits per heavy atom. The van der Waals surface area contributed by atoms with Crippen molar-refractivity contribution < 1.29 is 14.6 Å². The van der Waals surface area contributed by atoms with Gasteiger partial charge in [0, 0.05) is 12.7 Å². The van der Waals surface area contributed by atoms with Gasteiger partial charge in [0.15, 0.2) is 6.79 Å². The third kappa shape index (κ3) is 8.57. The molecule has 0 heterocycles. The van der Waals surface area contributed by atoms with E-state index in [0.717, 1.165) is 42.6 Å². The number of unbranched alkanes of at least 4 members (excludes halogenated alkanes) is 2. The molecular weight excluding hydrogens is 324 g/mol. The van der Waals surface area contributed by atoms with Crippen LogP contribution < -0.4 is 4.74 Å². The summed E-state index contributed by atoms with van der Waals surface area (Å²) >= 11 is 0. The maximum Gasteiger partial charge on any atom is 0.188 e. The van der Waals surface area contributed by atoms with Gasteiger partial charge in [0.1, 0.15) is 11.5 Å². The maximum atomic E-state index is 10.5. The Morgan fingerprint density at radius 3 is 2.54 bits per heavy atom. The fourth-order valence-electron chi connectivity index (χ4n) is 2.83. The van der Waals surface area contributed by atoms with Gasteiger partial charge in [-0.05, 0) is 70.6 Å². The lowest BCUT2D eigenvalue weighted by atomic mass is 10.0. The number of hydrogen-bond acceptors (Lipinski definition) is 3. The number of ether oxygens (including phenoxy) is 2. The molecule has 0 atom stereocenters. The van der Waals surface area contributed by atoms with E-state index in [2.05, 4.69) is 45.9 Å². The molecule has 1 aromatic carbocycles. The van der Waals surface area contributed by atoms with E-state index in [-0.39, 0.29) is 6.79 Å². The van der Waals surface area contributed by atoms with E-state index in [1.807, 2.05) is 6.07 Å². The van der Waals surface area contributed by atoms with Crippen LogP contribution in [0.4, 0.5) is 0 Å². The van der Waals surface area contributed by atoms with Crippen LogP contribution in [0.5, 0.6) is 11.5 Å². The van der Waals surface area contributed by atoms with Gasteiger partial charge in [0.2, 0.25) is 0 Å². The third-order valence-electron chi connectivity index (χ3n) is 4.39. The van der Waals surface area contributed by atoms with E-state index in [4.69, 9.17) is 9.47 Å². The van der Waals surface area contributed by atoms with Gasteiger partial charge in [-0.1, -0.05) is 43.1 Å². The number of allylic oxidation sites excluding steroid dienone is 4. The first-order valence-electron chi connectivity index (χ1n) is 9.73. The third-order valence-corrected chi connectivity index (χ3v) is 4.39. The molecule has 0 aliphatic carbocycles. The second-order valence-corrected chi connectivity index (χ2v) is 7.17. The average Bonchev–Trinajstić information content (AvgIpc) is 2.58. The first-order valence-corrected chi connectivity index (χ1v) is 9.73. The van der Waals surface area contributed by atoms with E-state index in [9.17, 15) is 5.11 Å². The van der Waals surface area contributed by atoms with Gasteiger partial charge < -0.3 is 14.6 Å². The Morgan fingerprint density at radius 2 is 1.88 bits per heavy atom. The van der Waals surface area contributed by atoms with Crippen molar-refractivity contribution in [2.24, 2.45) is 0 Å². The molecule has 1 N–H and O–H groups in total. The second kappa shape index (κ2) is 12.6.